The van der Waals surface area contributed by atoms with Gasteiger partial charge in [0, 0.05) is 16.0 Å². The number of halogens is 1. The quantitative estimate of drug-likeness (QED) is 0.573. The Bertz CT molecular complexity index is 694. The highest BCUT2D eigenvalue weighted by atomic mass is 127. The van der Waals surface area contributed by atoms with E-state index in [0.717, 1.165) is 31.6 Å². The Hall–Kier alpha value is -1.50. The lowest BCUT2D eigenvalue weighted by Crippen LogP contribution is -1.99. The standard InChI is InChI=1S/C13H8BIN2O/c14-8-1-3-9(4-2-8)18-11-5-6-16-13-12(11)10(15)7-17-13/h1-7H,(H,16,17). The summed E-state index contributed by atoms with van der Waals surface area (Å²) in [6.45, 7) is 0. The summed E-state index contributed by atoms with van der Waals surface area (Å²) in [6.07, 6.45) is 3.63. The van der Waals surface area contributed by atoms with Crippen molar-refractivity contribution >= 4 is 46.9 Å². The second-order valence-electron chi connectivity index (χ2n) is 3.84. The van der Waals surface area contributed by atoms with E-state index in [9.17, 15) is 0 Å². The van der Waals surface area contributed by atoms with Crippen LogP contribution in [0.3, 0.4) is 0 Å². The van der Waals surface area contributed by atoms with Crippen LogP contribution >= 0.6 is 22.6 Å². The van der Waals surface area contributed by atoms with Crippen molar-refractivity contribution in [3.63, 3.8) is 0 Å². The van der Waals surface area contributed by atoms with Crippen molar-refractivity contribution in [1.29, 1.82) is 0 Å². The number of pyridine rings is 1. The highest BCUT2D eigenvalue weighted by molar-refractivity contribution is 14.1. The van der Waals surface area contributed by atoms with E-state index in [-0.39, 0.29) is 0 Å². The fourth-order valence-corrected chi connectivity index (χ4v) is 2.41. The van der Waals surface area contributed by atoms with E-state index < -0.39 is 0 Å². The summed E-state index contributed by atoms with van der Waals surface area (Å²) in [4.78, 5) is 7.36. The number of nitrogens with zero attached hydrogens (tertiary/aromatic N) is 1. The van der Waals surface area contributed by atoms with Gasteiger partial charge in [0.25, 0.3) is 0 Å². The molecular formula is C13H8BIN2O. The Morgan fingerprint density at radius 2 is 1.94 bits per heavy atom. The molecule has 2 aromatic heterocycles. The van der Waals surface area contributed by atoms with Gasteiger partial charge in [-0.15, -0.1) is 0 Å². The summed E-state index contributed by atoms with van der Waals surface area (Å²) in [7, 11) is 5.65. The summed E-state index contributed by atoms with van der Waals surface area (Å²) in [5.74, 6) is 1.55. The van der Waals surface area contributed by atoms with Crippen molar-refractivity contribution in [2.24, 2.45) is 0 Å². The van der Waals surface area contributed by atoms with Gasteiger partial charge < -0.3 is 9.72 Å². The third-order valence-corrected chi connectivity index (χ3v) is 3.45. The molecule has 0 aliphatic rings. The van der Waals surface area contributed by atoms with Crippen molar-refractivity contribution in [1.82, 2.24) is 9.97 Å². The molecule has 0 bridgehead atoms. The predicted octanol–water partition coefficient (Wildman–Crippen LogP) is 2.75. The molecule has 5 heteroatoms. The van der Waals surface area contributed by atoms with Crippen LogP contribution in [0.15, 0.2) is 42.7 Å². The summed E-state index contributed by atoms with van der Waals surface area (Å²) < 4.78 is 6.95. The molecule has 86 valence electrons. The van der Waals surface area contributed by atoms with Crippen LogP contribution in [0.5, 0.6) is 11.5 Å². The molecule has 0 amide bonds. The lowest BCUT2D eigenvalue weighted by molar-refractivity contribution is 0.488. The maximum absolute atomic E-state index is 5.87. The molecule has 0 unspecified atom stereocenters. The first-order valence-corrected chi connectivity index (χ1v) is 6.47. The number of ether oxygens (including phenoxy) is 1. The van der Waals surface area contributed by atoms with E-state index in [1.807, 2.05) is 36.5 Å². The van der Waals surface area contributed by atoms with Crippen LogP contribution in [-0.4, -0.2) is 17.8 Å². The summed E-state index contributed by atoms with van der Waals surface area (Å²) in [5.41, 5.74) is 1.55. The molecule has 3 rings (SSSR count). The van der Waals surface area contributed by atoms with Crippen LogP contribution in [0.4, 0.5) is 0 Å². The normalized spacial score (nSPS) is 10.7. The number of aromatic nitrogens is 2. The molecule has 0 aliphatic heterocycles. The number of hydrogen-bond acceptors (Lipinski definition) is 2. The van der Waals surface area contributed by atoms with Gasteiger partial charge in [-0.1, -0.05) is 17.6 Å². The number of H-pyrrole nitrogens is 1. The van der Waals surface area contributed by atoms with Gasteiger partial charge in [-0.2, -0.15) is 0 Å². The molecule has 1 aromatic carbocycles. The molecule has 0 atom stereocenters. The Balaban J connectivity index is 2.04. The minimum atomic E-state index is 0.721. The summed E-state index contributed by atoms with van der Waals surface area (Å²) in [5, 5.41) is 0.995. The van der Waals surface area contributed by atoms with E-state index in [1.54, 1.807) is 6.20 Å². The number of hydrogen-bond donors (Lipinski definition) is 1. The Morgan fingerprint density at radius 1 is 1.17 bits per heavy atom. The fraction of sp³-hybridized carbons (Fsp3) is 0. The van der Waals surface area contributed by atoms with Crippen molar-refractivity contribution in [3.8, 4) is 11.5 Å². The monoisotopic (exact) mass is 346 g/mol. The SMILES string of the molecule is [B]c1ccc(Oc2ccnc3[nH]cc(I)c23)cc1. The van der Waals surface area contributed by atoms with Crippen LogP contribution in [0, 0.1) is 3.57 Å². The fourth-order valence-electron chi connectivity index (χ4n) is 1.74. The molecule has 2 radical (unpaired) electrons. The minimum Gasteiger partial charge on any atom is -0.457 e. The van der Waals surface area contributed by atoms with Gasteiger partial charge in [-0.05, 0) is 40.8 Å². The smallest absolute Gasteiger partial charge is 0.142 e. The van der Waals surface area contributed by atoms with Gasteiger partial charge in [0.1, 0.15) is 25.0 Å². The third kappa shape index (κ3) is 2.10. The number of fused-ring (bicyclic) bond motifs is 1. The van der Waals surface area contributed by atoms with Crippen molar-refractivity contribution in [3.05, 3.63) is 46.3 Å². The largest absolute Gasteiger partial charge is 0.457 e. The van der Waals surface area contributed by atoms with Gasteiger partial charge in [-0.3, -0.25) is 0 Å². The van der Waals surface area contributed by atoms with Crippen molar-refractivity contribution < 1.29 is 4.74 Å². The van der Waals surface area contributed by atoms with E-state index in [2.05, 4.69) is 32.6 Å². The lowest BCUT2D eigenvalue weighted by Gasteiger charge is -2.07. The van der Waals surface area contributed by atoms with E-state index in [1.165, 1.54) is 0 Å². The van der Waals surface area contributed by atoms with Crippen molar-refractivity contribution in [2.75, 3.05) is 0 Å². The molecule has 18 heavy (non-hydrogen) atoms. The van der Waals surface area contributed by atoms with Crippen LogP contribution in [0.25, 0.3) is 11.0 Å². The molecule has 0 saturated carbocycles. The molecule has 1 N–H and O–H groups in total. The zero-order valence-electron chi connectivity index (χ0n) is 9.35. The molecule has 2 heterocycles. The van der Waals surface area contributed by atoms with Gasteiger partial charge >= 0.3 is 0 Å². The van der Waals surface area contributed by atoms with Gasteiger partial charge in [-0.25, -0.2) is 4.98 Å². The molecule has 3 aromatic rings. The first-order chi connectivity index (χ1) is 8.74. The highest BCUT2D eigenvalue weighted by Gasteiger charge is 2.09. The Kier molecular flexibility index (Phi) is 2.99. The van der Waals surface area contributed by atoms with E-state index in [4.69, 9.17) is 12.6 Å². The average Bonchev–Trinajstić information content (AvgIpc) is 2.75. The van der Waals surface area contributed by atoms with Gasteiger partial charge in [0.15, 0.2) is 0 Å². The van der Waals surface area contributed by atoms with E-state index >= 15 is 0 Å². The Morgan fingerprint density at radius 3 is 2.72 bits per heavy atom. The number of nitrogens with one attached hydrogen (secondary N) is 1. The summed E-state index contributed by atoms with van der Waals surface area (Å²) >= 11 is 2.26. The Labute approximate surface area is 119 Å². The molecular weight excluding hydrogens is 338 g/mol. The minimum absolute atomic E-state index is 0.721. The maximum Gasteiger partial charge on any atom is 0.142 e. The zero-order valence-corrected chi connectivity index (χ0v) is 11.5. The third-order valence-electron chi connectivity index (χ3n) is 2.60. The van der Waals surface area contributed by atoms with Crippen LogP contribution < -0.4 is 10.2 Å². The maximum atomic E-state index is 5.87. The highest BCUT2D eigenvalue weighted by Crippen LogP contribution is 2.31. The lowest BCUT2D eigenvalue weighted by atomic mass is 9.97. The van der Waals surface area contributed by atoms with Crippen LogP contribution in [-0.2, 0) is 0 Å². The van der Waals surface area contributed by atoms with Crippen LogP contribution in [0.1, 0.15) is 0 Å². The molecule has 0 saturated heterocycles. The molecule has 3 nitrogen and oxygen atoms in total. The van der Waals surface area contributed by atoms with Gasteiger partial charge in [0.2, 0.25) is 0 Å². The van der Waals surface area contributed by atoms with Crippen molar-refractivity contribution in [2.45, 2.75) is 0 Å². The first kappa shape index (κ1) is 11.6. The molecule has 0 fully saturated rings. The second-order valence-corrected chi connectivity index (χ2v) is 5.00. The second kappa shape index (κ2) is 4.64. The van der Waals surface area contributed by atoms with Gasteiger partial charge in [0.05, 0.1) is 5.39 Å². The predicted molar refractivity (Wildman–Crippen MR) is 80.7 cm³/mol. The topological polar surface area (TPSA) is 37.9 Å². The number of rotatable bonds is 2. The van der Waals surface area contributed by atoms with E-state index in [0.29, 0.717) is 0 Å². The molecule has 0 spiro atoms. The molecule has 0 aliphatic carbocycles. The van der Waals surface area contributed by atoms with Crippen LogP contribution in [0.2, 0.25) is 0 Å². The average molecular weight is 346 g/mol. The number of benzene rings is 1. The zero-order chi connectivity index (χ0) is 12.5. The number of aromatic amines is 1. The first-order valence-electron chi connectivity index (χ1n) is 5.39. The summed E-state index contributed by atoms with van der Waals surface area (Å²) in [6, 6.07) is 9.18.